The van der Waals surface area contributed by atoms with Gasteiger partial charge in [-0.25, -0.2) is 4.39 Å². The van der Waals surface area contributed by atoms with Gasteiger partial charge in [0.05, 0.1) is 6.54 Å². The molecular formula is C5H10FNO. The van der Waals surface area contributed by atoms with Gasteiger partial charge in [-0.15, -0.1) is 0 Å². The van der Waals surface area contributed by atoms with E-state index in [1.165, 1.54) is 0 Å². The maximum atomic E-state index is 12.2. The zero-order chi connectivity index (χ0) is 5.98. The lowest BCUT2D eigenvalue weighted by molar-refractivity contribution is -0.120. The summed E-state index contributed by atoms with van der Waals surface area (Å²) in [5.41, 5.74) is 0. The van der Waals surface area contributed by atoms with E-state index in [4.69, 9.17) is 5.21 Å². The van der Waals surface area contributed by atoms with Crippen LogP contribution in [-0.4, -0.2) is 29.5 Å². The summed E-state index contributed by atoms with van der Waals surface area (Å²) < 4.78 is 12.2. The van der Waals surface area contributed by atoms with Crippen LogP contribution < -0.4 is 0 Å². The summed E-state index contributed by atoms with van der Waals surface area (Å²) in [5, 5.41) is 9.71. The monoisotopic (exact) mass is 119 g/mol. The van der Waals surface area contributed by atoms with Crippen molar-refractivity contribution >= 4 is 0 Å². The van der Waals surface area contributed by atoms with Crippen LogP contribution in [0.4, 0.5) is 4.39 Å². The molecule has 0 aromatic rings. The van der Waals surface area contributed by atoms with Gasteiger partial charge in [-0.1, -0.05) is 0 Å². The molecule has 0 saturated carbocycles. The molecule has 1 saturated heterocycles. The maximum absolute atomic E-state index is 12.2. The molecule has 0 aliphatic carbocycles. The van der Waals surface area contributed by atoms with Crippen molar-refractivity contribution in [3.05, 3.63) is 0 Å². The van der Waals surface area contributed by atoms with Gasteiger partial charge in [0.2, 0.25) is 0 Å². The molecule has 0 bridgehead atoms. The molecule has 48 valence electrons. The van der Waals surface area contributed by atoms with Crippen LogP contribution in [0.25, 0.3) is 0 Å². The van der Waals surface area contributed by atoms with E-state index in [9.17, 15) is 4.39 Å². The van der Waals surface area contributed by atoms with Crippen molar-refractivity contribution in [3.8, 4) is 0 Å². The van der Waals surface area contributed by atoms with E-state index < -0.39 is 6.17 Å². The molecule has 1 heterocycles. The lowest BCUT2D eigenvalue weighted by Gasteiger charge is -2.22. The van der Waals surface area contributed by atoms with Crippen LogP contribution >= 0.6 is 0 Å². The Morgan fingerprint density at radius 1 is 1.62 bits per heavy atom. The highest BCUT2D eigenvalue weighted by molar-refractivity contribution is 4.65. The van der Waals surface area contributed by atoms with Crippen molar-refractivity contribution in [2.75, 3.05) is 13.1 Å². The number of halogens is 1. The van der Waals surface area contributed by atoms with E-state index >= 15 is 0 Å². The Kier molecular flexibility index (Phi) is 1.81. The zero-order valence-electron chi connectivity index (χ0n) is 4.68. The Balaban J connectivity index is 2.23. The van der Waals surface area contributed by atoms with Crippen LogP contribution in [0.15, 0.2) is 0 Å². The molecule has 1 rings (SSSR count). The SMILES string of the molecule is ON1CCCC(F)C1. The fourth-order valence-electron chi connectivity index (χ4n) is 0.907. The lowest BCUT2D eigenvalue weighted by Crippen LogP contribution is -2.33. The normalized spacial score (nSPS) is 33.0. The van der Waals surface area contributed by atoms with E-state index in [1.807, 2.05) is 0 Å². The van der Waals surface area contributed by atoms with Crippen LogP contribution in [0, 0.1) is 0 Å². The number of piperidine rings is 1. The predicted molar refractivity (Wildman–Crippen MR) is 27.5 cm³/mol. The molecule has 0 spiro atoms. The third-order valence-electron chi connectivity index (χ3n) is 1.34. The van der Waals surface area contributed by atoms with Gasteiger partial charge in [-0.2, -0.15) is 5.06 Å². The molecule has 1 unspecified atom stereocenters. The number of nitrogens with zero attached hydrogens (tertiary/aromatic N) is 1. The summed E-state index contributed by atoms with van der Waals surface area (Å²) in [6.07, 6.45) is 0.572. The number of hydrogen-bond acceptors (Lipinski definition) is 2. The average molecular weight is 119 g/mol. The molecule has 0 amide bonds. The van der Waals surface area contributed by atoms with Gasteiger partial charge in [0.15, 0.2) is 0 Å². The highest BCUT2D eigenvalue weighted by Gasteiger charge is 2.16. The Bertz CT molecular complexity index is 70.8. The number of hydroxylamine groups is 2. The van der Waals surface area contributed by atoms with Gasteiger partial charge in [-0.3, -0.25) is 0 Å². The fourth-order valence-corrected chi connectivity index (χ4v) is 0.907. The van der Waals surface area contributed by atoms with Crippen LogP contribution in [0.3, 0.4) is 0 Å². The molecule has 0 aromatic heterocycles. The molecule has 2 nitrogen and oxygen atoms in total. The largest absolute Gasteiger partial charge is 0.314 e. The predicted octanol–water partition coefficient (Wildman–Crippen LogP) is 0.810. The second-order valence-electron chi connectivity index (χ2n) is 2.15. The molecule has 1 N–H and O–H groups in total. The topological polar surface area (TPSA) is 23.5 Å². The summed E-state index contributed by atoms with van der Waals surface area (Å²) in [6, 6.07) is 0. The van der Waals surface area contributed by atoms with E-state index in [0.717, 1.165) is 11.5 Å². The molecule has 1 aliphatic heterocycles. The summed E-state index contributed by atoms with van der Waals surface area (Å²) in [6.45, 7) is 0.820. The highest BCUT2D eigenvalue weighted by atomic mass is 19.1. The van der Waals surface area contributed by atoms with Crippen LogP contribution in [0.2, 0.25) is 0 Å². The van der Waals surface area contributed by atoms with Crippen molar-refractivity contribution in [2.45, 2.75) is 19.0 Å². The second kappa shape index (κ2) is 2.42. The number of rotatable bonds is 0. The number of hydrogen-bond donors (Lipinski definition) is 1. The first kappa shape index (κ1) is 5.98. The van der Waals surface area contributed by atoms with Gasteiger partial charge >= 0.3 is 0 Å². The highest BCUT2D eigenvalue weighted by Crippen LogP contribution is 2.09. The standard InChI is InChI=1S/C5H10FNO/c6-5-2-1-3-7(8)4-5/h5,8H,1-4H2. The molecule has 8 heavy (non-hydrogen) atoms. The van der Waals surface area contributed by atoms with Crippen LogP contribution in [-0.2, 0) is 0 Å². The Morgan fingerprint density at radius 2 is 2.38 bits per heavy atom. The summed E-state index contributed by atoms with van der Waals surface area (Å²) >= 11 is 0. The third kappa shape index (κ3) is 1.42. The third-order valence-corrected chi connectivity index (χ3v) is 1.34. The van der Waals surface area contributed by atoms with Crippen molar-refractivity contribution in [1.82, 2.24) is 5.06 Å². The number of alkyl halides is 1. The second-order valence-corrected chi connectivity index (χ2v) is 2.15. The van der Waals surface area contributed by atoms with Gasteiger partial charge in [0.1, 0.15) is 6.17 Å². The fraction of sp³-hybridized carbons (Fsp3) is 1.00. The van der Waals surface area contributed by atoms with E-state index in [1.54, 1.807) is 0 Å². The molecule has 0 radical (unpaired) electrons. The Labute approximate surface area is 47.9 Å². The van der Waals surface area contributed by atoms with Gasteiger partial charge in [0, 0.05) is 6.54 Å². The minimum Gasteiger partial charge on any atom is -0.314 e. The van der Waals surface area contributed by atoms with Gasteiger partial charge in [0.25, 0.3) is 0 Å². The first-order valence-electron chi connectivity index (χ1n) is 2.87. The first-order chi connectivity index (χ1) is 3.79. The molecule has 0 aromatic carbocycles. The van der Waals surface area contributed by atoms with Crippen molar-refractivity contribution in [2.24, 2.45) is 0 Å². The quantitative estimate of drug-likeness (QED) is 0.510. The van der Waals surface area contributed by atoms with Gasteiger partial charge in [-0.05, 0) is 12.8 Å². The zero-order valence-corrected chi connectivity index (χ0v) is 4.68. The minimum absolute atomic E-state index is 0.194. The average Bonchev–Trinajstić information content (AvgIpc) is 1.64. The summed E-state index contributed by atoms with van der Waals surface area (Å²) in [4.78, 5) is 0. The smallest absolute Gasteiger partial charge is 0.115 e. The molecule has 3 heteroatoms. The lowest BCUT2D eigenvalue weighted by atomic mass is 10.1. The molecule has 1 aliphatic rings. The van der Waals surface area contributed by atoms with E-state index in [0.29, 0.717) is 13.0 Å². The molecular weight excluding hydrogens is 109 g/mol. The van der Waals surface area contributed by atoms with E-state index in [-0.39, 0.29) is 6.54 Å². The van der Waals surface area contributed by atoms with Crippen molar-refractivity contribution in [1.29, 1.82) is 0 Å². The summed E-state index contributed by atoms with van der Waals surface area (Å²) in [7, 11) is 0. The molecule has 1 atom stereocenters. The van der Waals surface area contributed by atoms with E-state index in [2.05, 4.69) is 0 Å². The van der Waals surface area contributed by atoms with Crippen molar-refractivity contribution in [3.63, 3.8) is 0 Å². The summed E-state index contributed by atoms with van der Waals surface area (Å²) in [5.74, 6) is 0. The Hall–Kier alpha value is -0.150. The Morgan fingerprint density at radius 3 is 2.75 bits per heavy atom. The molecule has 1 fully saturated rings. The van der Waals surface area contributed by atoms with Gasteiger partial charge < -0.3 is 5.21 Å². The first-order valence-corrected chi connectivity index (χ1v) is 2.87. The minimum atomic E-state index is -0.811. The maximum Gasteiger partial charge on any atom is 0.115 e. The van der Waals surface area contributed by atoms with Crippen LogP contribution in [0.5, 0.6) is 0 Å². The van der Waals surface area contributed by atoms with Crippen molar-refractivity contribution < 1.29 is 9.60 Å². The van der Waals surface area contributed by atoms with Crippen LogP contribution in [0.1, 0.15) is 12.8 Å².